The Morgan fingerprint density at radius 1 is 1.20 bits per heavy atom. The predicted octanol–water partition coefficient (Wildman–Crippen LogP) is 1.98. The van der Waals surface area contributed by atoms with Gasteiger partial charge < -0.3 is 25.0 Å². The van der Waals surface area contributed by atoms with E-state index in [0.717, 1.165) is 25.9 Å². The fourth-order valence-corrected chi connectivity index (χ4v) is 3.81. The van der Waals surface area contributed by atoms with Crippen LogP contribution in [0.15, 0.2) is 24.4 Å². The van der Waals surface area contributed by atoms with Gasteiger partial charge in [-0.05, 0) is 38.8 Å². The lowest BCUT2D eigenvalue weighted by molar-refractivity contribution is -0.116. The number of carbonyl (C=O) groups excluding carboxylic acids is 3. The molecule has 1 aliphatic heterocycles. The molecular weight excluding hydrogens is 476 g/mol. The molecule has 0 atom stereocenters. The molecular formula is C23H31ClN6O5. The standard InChI is InChI=1S/C23H31ClN6O5/c1-15(2)29-8-6-17(7-9-29)26-22(32)19-12-18(23(33)35-11-10-34-3)28-30(19)14-21(31)27-20-5-4-16(24)13-25-20/h4-5,12-13,15,17H,6-11,14H2,1-3H3,(H,26,32)(H,25,27,31). The number of amides is 2. The smallest absolute Gasteiger partial charge is 0.358 e. The van der Waals surface area contributed by atoms with Crippen LogP contribution in [-0.4, -0.2) is 82.9 Å². The van der Waals surface area contributed by atoms with Gasteiger partial charge in [-0.3, -0.25) is 9.59 Å². The number of halogens is 1. The van der Waals surface area contributed by atoms with Gasteiger partial charge in [-0.1, -0.05) is 11.6 Å². The first kappa shape index (κ1) is 26.6. The van der Waals surface area contributed by atoms with Gasteiger partial charge in [-0.25, -0.2) is 14.5 Å². The number of piperidine rings is 1. The second-order valence-electron chi connectivity index (χ2n) is 8.49. The Bertz CT molecular complexity index is 1020. The normalized spacial score (nSPS) is 14.7. The molecule has 0 unspecified atom stereocenters. The van der Waals surface area contributed by atoms with Crippen molar-refractivity contribution in [2.75, 3.05) is 38.7 Å². The summed E-state index contributed by atoms with van der Waals surface area (Å²) in [5.41, 5.74) is 0.0208. The highest BCUT2D eigenvalue weighted by Crippen LogP contribution is 2.15. The second kappa shape index (κ2) is 12.6. The summed E-state index contributed by atoms with van der Waals surface area (Å²) in [6.45, 7) is 6.03. The maximum Gasteiger partial charge on any atom is 0.358 e. The molecule has 11 nitrogen and oxygen atoms in total. The van der Waals surface area contributed by atoms with Crippen LogP contribution >= 0.6 is 11.6 Å². The molecule has 2 amide bonds. The molecule has 0 radical (unpaired) electrons. The van der Waals surface area contributed by atoms with Crippen LogP contribution in [0.1, 0.15) is 47.7 Å². The summed E-state index contributed by atoms with van der Waals surface area (Å²) in [7, 11) is 1.49. The van der Waals surface area contributed by atoms with Gasteiger partial charge in [0.05, 0.1) is 11.6 Å². The third-order valence-electron chi connectivity index (χ3n) is 5.63. The van der Waals surface area contributed by atoms with E-state index >= 15 is 0 Å². The zero-order valence-corrected chi connectivity index (χ0v) is 20.9. The number of likely N-dealkylation sites (tertiary alicyclic amines) is 1. The maximum absolute atomic E-state index is 13.1. The topological polar surface area (TPSA) is 128 Å². The molecule has 1 fully saturated rings. The number of ether oxygens (including phenoxy) is 2. The molecule has 3 heterocycles. The number of nitrogens with zero attached hydrogens (tertiary/aromatic N) is 4. The van der Waals surface area contributed by atoms with E-state index in [-0.39, 0.29) is 37.2 Å². The lowest BCUT2D eigenvalue weighted by Gasteiger charge is -2.34. The zero-order valence-electron chi connectivity index (χ0n) is 20.1. The summed E-state index contributed by atoms with van der Waals surface area (Å²) in [4.78, 5) is 44.5. The fourth-order valence-electron chi connectivity index (χ4n) is 3.70. The van der Waals surface area contributed by atoms with E-state index in [1.807, 2.05) is 0 Å². The minimum absolute atomic E-state index is 0.00921. The number of aromatic nitrogens is 3. The fraction of sp³-hybridized carbons (Fsp3) is 0.522. The highest BCUT2D eigenvalue weighted by atomic mass is 35.5. The van der Waals surface area contributed by atoms with Crippen molar-refractivity contribution >= 4 is 35.2 Å². The Morgan fingerprint density at radius 3 is 2.57 bits per heavy atom. The van der Waals surface area contributed by atoms with Crippen LogP contribution in [0.5, 0.6) is 0 Å². The van der Waals surface area contributed by atoms with Gasteiger partial charge in [0, 0.05) is 44.5 Å². The van der Waals surface area contributed by atoms with Crippen molar-refractivity contribution in [3.05, 3.63) is 40.8 Å². The van der Waals surface area contributed by atoms with E-state index in [4.69, 9.17) is 21.1 Å². The van der Waals surface area contributed by atoms with Crippen LogP contribution in [0, 0.1) is 0 Å². The molecule has 12 heteroatoms. The molecule has 3 rings (SSSR count). The molecule has 1 aliphatic rings. The van der Waals surface area contributed by atoms with Crippen LogP contribution in [0.4, 0.5) is 5.82 Å². The third-order valence-corrected chi connectivity index (χ3v) is 5.85. The molecule has 0 bridgehead atoms. The van der Waals surface area contributed by atoms with Crippen molar-refractivity contribution in [3.63, 3.8) is 0 Å². The van der Waals surface area contributed by atoms with Gasteiger partial charge in [-0.2, -0.15) is 5.10 Å². The first-order valence-electron chi connectivity index (χ1n) is 11.5. The molecule has 2 aromatic heterocycles. The van der Waals surface area contributed by atoms with Gasteiger partial charge in [0.25, 0.3) is 5.91 Å². The summed E-state index contributed by atoms with van der Waals surface area (Å²) in [6, 6.07) is 4.93. The average Bonchev–Trinajstić information content (AvgIpc) is 3.25. The Balaban J connectivity index is 1.72. The molecule has 2 aromatic rings. The lowest BCUT2D eigenvalue weighted by atomic mass is 10.0. The first-order chi connectivity index (χ1) is 16.8. The molecule has 2 N–H and O–H groups in total. The minimum Gasteiger partial charge on any atom is -0.458 e. The SMILES string of the molecule is COCCOC(=O)c1cc(C(=O)NC2CCN(C(C)C)CC2)n(CC(=O)Nc2ccc(Cl)cn2)n1. The first-order valence-corrected chi connectivity index (χ1v) is 11.8. The number of rotatable bonds is 10. The maximum atomic E-state index is 13.1. The van der Waals surface area contributed by atoms with Crippen molar-refractivity contribution in [1.29, 1.82) is 0 Å². The summed E-state index contributed by atoms with van der Waals surface area (Å²) in [6.07, 6.45) is 3.03. The van der Waals surface area contributed by atoms with Crippen LogP contribution in [0.3, 0.4) is 0 Å². The van der Waals surface area contributed by atoms with Gasteiger partial charge in [0.2, 0.25) is 5.91 Å². The van der Waals surface area contributed by atoms with Gasteiger partial charge >= 0.3 is 5.97 Å². The highest BCUT2D eigenvalue weighted by molar-refractivity contribution is 6.30. The number of hydrogen-bond donors (Lipinski definition) is 2. The minimum atomic E-state index is -0.708. The number of methoxy groups -OCH3 is 1. The molecule has 0 spiro atoms. The Morgan fingerprint density at radius 2 is 1.94 bits per heavy atom. The quantitative estimate of drug-likeness (QED) is 0.370. The molecule has 0 saturated carbocycles. The number of pyridine rings is 1. The van der Waals surface area contributed by atoms with Gasteiger partial charge in [0.1, 0.15) is 24.7 Å². The Hall–Kier alpha value is -3.02. The average molecular weight is 507 g/mol. The monoisotopic (exact) mass is 506 g/mol. The number of nitrogens with one attached hydrogen (secondary N) is 2. The summed E-state index contributed by atoms with van der Waals surface area (Å²) < 4.78 is 11.2. The number of esters is 1. The van der Waals surface area contributed by atoms with Crippen LogP contribution in [0.2, 0.25) is 5.02 Å². The van der Waals surface area contributed by atoms with Crippen LogP contribution in [-0.2, 0) is 20.8 Å². The van der Waals surface area contributed by atoms with Gasteiger partial charge in [0.15, 0.2) is 5.69 Å². The number of anilines is 1. The second-order valence-corrected chi connectivity index (χ2v) is 8.92. The van der Waals surface area contributed by atoms with Crippen LogP contribution < -0.4 is 10.6 Å². The summed E-state index contributed by atoms with van der Waals surface area (Å²) in [5, 5.41) is 10.2. The molecule has 1 saturated heterocycles. The largest absolute Gasteiger partial charge is 0.458 e. The summed E-state index contributed by atoms with van der Waals surface area (Å²) in [5.74, 6) is -1.29. The van der Waals surface area contributed by atoms with Crippen molar-refractivity contribution in [1.82, 2.24) is 25.0 Å². The third kappa shape index (κ3) is 7.74. The van der Waals surface area contributed by atoms with E-state index in [0.29, 0.717) is 16.9 Å². The molecule has 190 valence electrons. The van der Waals surface area contributed by atoms with Crippen molar-refractivity contribution < 1.29 is 23.9 Å². The van der Waals surface area contributed by atoms with Gasteiger partial charge in [-0.15, -0.1) is 0 Å². The lowest BCUT2D eigenvalue weighted by Crippen LogP contribution is -2.47. The number of carbonyl (C=O) groups is 3. The van der Waals surface area contributed by atoms with E-state index in [2.05, 4.69) is 39.5 Å². The summed E-state index contributed by atoms with van der Waals surface area (Å²) >= 11 is 5.83. The Labute approximate surface area is 209 Å². The molecule has 35 heavy (non-hydrogen) atoms. The highest BCUT2D eigenvalue weighted by Gasteiger charge is 2.26. The number of hydrogen-bond acceptors (Lipinski definition) is 8. The van der Waals surface area contributed by atoms with E-state index < -0.39 is 17.8 Å². The van der Waals surface area contributed by atoms with Crippen molar-refractivity contribution in [2.24, 2.45) is 0 Å². The van der Waals surface area contributed by atoms with Crippen LogP contribution in [0.25, 0.3) is 0 Å². The molecule has 0 aromatic carbocycles. The predicted molar refractivity (Wildman–Crippen MR) is 129 cm³/mol. The zero-order chi connectivity index (χ0) is 25.4. The molecule has 0 aliphatic carbocycles. The van der Waals surface area contributed by atoms with Crippen molar-refractivity contribution in [3.8, 4) is 0 Å². The van der Waals surface area contributed by atoms with E-state index in [1.54, 1.807) is 12.1 Å². The Kier molecular flexibility index (Phi) is 9.58. The van der Waals surface area contributed by atoms with E-state index in [9.17, 15) is 14.4 Å². The van der Waals surface area contributed by atoms with E-state index in [1.165, 1.54) is 24.1 Å². The van der Waals surface area contributed by atoms with Crippen molar-refractivity contribution in [2.45, 2.75) is 45.3 Å².